The predicted molar refractivity (Wildman–Crippen MR) is 105 cm³/mol. The Morgan fingerprint density at radius 3 is 2.74 bits per heavy atom. The molecule has 1 aromatic carbocycles. The largest absolute Gasteiger partial charge is 0.497 e. The third-order valence-corrected chi connectivity index (χ3v) is 4.78. The van der Waals surface area contributed by atoms with Gasteiger partial charge in [0.2, 0.25) is 0 Å². The van der Waals surface area contributed by atoms with E-state index >= 15 is 0 Å². The lowest BCUT2D eigenvalue weighted by Gasteiger charge is -2.07. The van der Waals surface area contributed by atoms with Gasteiger partial charge in [-0.05, 0) is 31.2 Å². The van der Waals surface area contributed by atoms with E-state index in [2.05, 4.69) is 10.1 Å². The smallest absolute Gasteiger partial charge is 0.331 e. The summed E-state index contributed by atoms with van der Waals surface area (Å²) >= 11 is 12.3. The van der Waals surface area contributed by atoms with E-state index in [-0.39, 0.29) is 11.8 Å². The van der Waals surface area contributed by atoms with Gasteiger partial charge < -0.3 is 9.47 Å². The molecule has 0 aliphatic heterocycles. The highest BCUT2D eigenvalue weighted by atomic mass is 35.5. The SMILES string of the molecule is COc1ccc2cc(COC(=O)/C=C/c3c(C)nn(C)c3Cl)c(Cl)nc2c1. The predicted octanol–water partition coefficient (Wildman–Crippen LogP) is 4.35. The Bertz CT molecular complexity index is 1040. The molecule has 0 aliphatic rings. The van der Waals surface area contributed by atoms with Crippen molar-refractivity contribution in [2.75, 3.05) is 7.11 Å². The van der Waals surface area contributed by atoms with Crippen LogP contribution in [0.4, 0.5) is 0 Å². The molecular formula is C19H17Cl2N3O3. The maximum atomic E-state index is 12.0. The molecule has 6 nitrogen and oxygen atoms in total. The van der Waals surface area contributed by atoms with Gasteiger partial charge in [0, 0.05) is 35.7 Å². The van der Waals surface area contributed by atoms with Crippen molar-refractivity contribution in [3.8, 4) is 5.75 Å². The highest BCUT2D eigenvalue weighted by molar-refractivity contribution is 6.31. The van der Waals surface area contributed by atoms with Crippen LogP contribution >= 0.6 is 23.2 Å². The molecule has 0 aliphatic carbocycles. The second kappa shape index (κ2) is 7.98. The fourth-order valence-electron chi connectivity index (χ4n) is 2.58. The van der Waals surface area contributed by atoms with Crippen LogP contribution in [-0.4, -0.2) is 27.8 Å². The lowest BCUT2D eigenvalue weighted by atomic mass is 10.1. The number of hydrogen-bond acceptors (Lipinski definition) is 5. The number of halogens is 2. The molecule has 0 N–H and O–H groups in total. The molecule has 0 unspecified atom stereocenters. The van der Waals surface area contributed by atoms with E-state index in [0.29, 0.717) is 27.5 Å². The number of aryl methyl sites for hydroxylation is 2. The molecule has 140 valence electrons. The summed E-state index contributed by atoms with van der Waals surface area (Å²) in [5, 5.41) is 5.79. The number of esters is 1. The second-order valence-electron chi connectivity index (χ2n) is 5.85. The third kappa shape index (κ3) is 4.23. The van der Waals surface area contributed by atoms with Crippen molar-refractivity contribution < 1.29 is 14.3 Å². The van der Waals surface area contributed by atoms with Crippen LogP contribution < -0.4 is 4.74 Å². The summed E-state index contributed by atoms with van der Waals surface area (Å²) in [6, 6.07) is 7.33. The van der Waals surface area contributed by atoms with E-state index in [1.807, 2.05) is 25.1 Å². The summed E-state index contributed by atoms with van der Waals surface area (Å²) in [5.41, 5.74) is 2.72. The van der Waals surface area contributed by atoms with Crippen LogP contribution in [0.15, 0.2) is 30.3 Å². The number of hydrogen-bond donors (Lipinski definition) is 0. The van der Waals surface area contributed by atoms with E-state index in [1.165, 1.54) is 10.8 Å². The minimum Gasteiger partial charge on any atom is -0.497 e. The number of benzene rings is 1. The number of carbonyl (C=O) groups is 1. The highest BCUT2D eigenvalue weighted by Crippen LogP contribution is 2.25. The van der Waals surface area contributed by atoms with Crippen LogP contribution in [-0.2, 0) is 23.2 Å². The Kier molecular flexibility index (Phi) is 5.68. The zero-order valence-corrected chi connectivity index (χ0v) is 16.5. The van der Waals surface area contributed by atoms with E-state index in [0.717, 1.165) is 11.1 Å². The van der Waals surface area contributed by atoms with Gasteiger partial charge in [-0.25, -0.2) is 9.78 Å². The summed E-state index contributed by atoms with van der Waals surface area (Å²) in [5.74, 6) is 0.181. The molecule has 2 aromatic heterocycles. The Hall–Kier alpha value is -2.57. The van der Waals surface area contributed by atoms with Crippen LogP contribution in [0.25, 0.3) is 17.0 Å². The summed E-state index contributed by atoms with van der Waals surface area (Å²) in [6.45, 7) is 1.82. The van der Waals surface area contributed by atoms with Crippen molar-refractivity contribution in [3.05, 3.63) is 57.5 Å². The first-order chi connectivity index (χ1) is 12.9. The van der Waals surface area contributed by atoms with Crippen molar-refractivity contribution in [1.82, 2.24) is 14.8 Å². The molecule has 0 spiro atoms. The van der Waals surface area contributed by atoms with Crippen molar-refractivity contribution in [2.45, 2.75) is 13.5 Å². The van der Waals surface area contributed by atoms with Gasteiger partial charge in [-0.3, -0.25) is 4.68 Å². The topological polar surface area (TPSA) is 66.2 Å². The molecule has 0 radical (unpaired) electrons. The molecule has 2 heterocycles. The number of nitrogens with zero attached hydrogens (tertiary/aromatic N) is 3. The molecular weight excluding hydrogens is 389 g/mol. The summed E-state index contributed by atoms with van der Waals surface area (Å²) in [7, 11) is 3.32. The Morgan fingerprint density at radius 2 is 2.07 bits per heavy atom. The molecule has 0 atom stereocenters. The molecule has 0 fully saturated rings. The lowest BCUT2D eigenvalue weighted by Crippen LogP contribution is -2.02. The zero-order valence-electron chi connectivity index (χ0n) is 15.0. The first kappa shape index (κ1) is 19.2. The molecule has 27 heavy (non-hydrogen) atoms. The monoisotopic (exact) mass is 405 g/mol. The fraction of sp³-hybridized carbons (Fsp3) is 0.211. The molecule has 0 saturated heterocycles. The number of aromatic nitrogens is 3. The lowest BCUT2D eigenvalue weighted by molar-refractivity contribution is -0.138. The average Bonchev–Trinajstić information content (AvgIpc) is 2.89. The quantitative estimate of drug-likeness (QED) is 0.358. The van der Waals surface area contributed by atoms with Gasteiger partial charge >= 0.3 is 5.97 Å². The standard InChI is InChI=1S/C19H17Cl2N3O3/c1-11-15(19(21)24(2)23-11)6-7-17(25)27-10-13-8-12-4-5-14(26-3)9-16(12)22-18(13)20/h4-9H,10H2,1-3H3/b7-6+. The Morgan fingerprint density at radius 1 is 1.30 bits per heavy atom. The zero-order chi connectivity index (χ0) is 19.6. The fourth-order valence-corrected chi connectivity index (χ4v) is 3.02. The van der Waals surface area contributed by atoms with Gasteiger partial charge in [0.1, 0.15) is 22.7 Å². The molecule has 8 heteroatoms. The third-order valence-electron chi connectivity index (χ3n) is 4.00. The number of pyridine rings is 1. The van der Waals surface area contributed by atoms with Gasteiger partial charge in [-0.1, -0.05) is 23.2 Å². The first-order valence-electron chi connectivity index (χ1n) is 8.06. The molecule has 0 saturated carbocycles. The van der Waals surface area contributed by atoms with E-state index in [1.54, 1.807) is 26.3 Å². The van der Waals surface area contributed by atoms with Gasteiger partial charge in [-0.2, -0.15) is 5.10 Å². The Labute approximate surface area is 166 Å². The summed E-state index contributed by atoms with van der Waals surface area (Å²) < 4.78 is 12.0. The average molecular weight is 406 g/mol. The number of ether oxygens (including phenoxy) is 2. The molecule has 3 aromatic rings. The summed E-state index contributed by atoms with van der Waals surface area (Å²) in [6.07, 6.45) is 2.89. The second-order valence-corrected chi connectivity index (χ2v) is 6.57. The van der Waals surface area contributed by atoms with Gasteiger partial charge in [0.15, 0.2) is 0 Å². The van der Waals surface area contributed by atoms with Crippen molar-refractivity contribution in [2.24, 2.45) is 7.05 Å². The molecule has 3 rings (SSSR count). The number of fused-ring (bicyclic) bond motifs is 1. The maximum absolute atomic E-state index is 12.0. The Balaban J connectivity index is 1.71. The summed E-state index contributed by atoms with van der Waals surface area (Å²) in [4.78, 5) is 16.3. The van der Waals surface area contributed by atoms with Crippen molar-refractivity contribution >= 4 is 46.2 Å². The highest BCUT2D eigenvalue weighted by Gasteiger charge is 2.10. The van der Waals surface area contributed by atoms with Crippen LogP contribution in [0.1, 0.15) is 16.8 Å². The van der Waals surface area contributed by atoms with Crippen molar-refractivity contribution in [3.63, 3.8) is 0 Å². The number of rotatable bonds is 5. The number of methoxy groups -OCH3 is 1. The van der Waals surface area contributed by atoms with Crippen LogP contribution in [0.5, 0.6) is 5.75 Å². The van der Waals surface area contributed by atoms with Gasteiger partial charge in [0.05, 0.1) is 18.3 Å². The van der Waals surface area contributed by atoms with Gasteiger partial charge in [-0.15, -0.1) is 0 Å². The van der Waals surface area contributed by atoms with E-state index in [4.69, 9.17) is 32.7 Å². The number of carbonyl (C=O) groups excluding carboxylic acids is 1. The first-order valence-corrected chi connectivity index (χ1v) is 8.81. The maximum Gasteiger partial charge on any atom is 0.331 e. The van der Waals surface area contributed by atoms with Crippen molar-refractivity contribution in [1.29, 1.82) is 0 Å². The minimum atomic E-state index is -0.514. The van der Waals surface area contributed by atoms with Crippen LogP contribution in [0.3, 0.4) is 0 Å². The molecule has 0 amide bonds. The van der Waals surface area contributed by atoms with E-state index < -0.39 is 5.97 Å². The minimum absolute atomic E-state index is 0.0106. The van der Waals surface area contributed by atoms with Gasteiger partial charge in [0.25, 0.3) is 0 Å². The normalized spacial score (nSPS) is 11.3. The molecule has 0 bridgehead atoms. The van der Waals surface area contributed by atoms with Crippen LogP contribution in [0, 0.1) is 6.92 Å². The van der Waals surface area contributed by atoms with Crippen LogP contribution in [0.2, 0.25) is 10.3 Å². The van der Waals surface area contributed by atoms with E-state index in [9.17, 15) is 4.79 Å².